The molecular formula is C28H29F2N9O. The third kappa shape index (κ3) is 3.90. The molecule has 6 aromatic rings. The molecule has 40 heavy (non-hydrogen) atoms. The maximum atomic E-state index is 14.5. The van der Waals surface area contributed by atoms with Crippen molar-refractivity contribution in [2.75, 3.05) is 5.32 Å². The van der Waals surface area contributed by atoms with E-state index in [0.29, 0.717) is 44.9 Å². The highest BCUT2D eigenvalue weighted by Gasteiger charge is 2.24. The van der Waals surface area contributed by atoms with Gasteiger partial charge in [0.2, 0.25) is 0 Å². The molecule has 0 spiro atoms. The second-order valence-corrected chi connectivity index (χ2v) is 10.4. The van der Waals surface area contributed by atoms with Crippen molar-refractivity contribution in [2.45, 2.75) is 26.3 Å². The molecule has 0 radical (unpaired) electrons. The second-order valence-electron chi connectivity index (χ2n) is 10.4. The Morgan fingerprint density at radius 3 is 2.35 bits per heavy atom. The van der Waals surface area contributed by atoms with E-state index in [4.69, 9.17) is 4.98 Å². The number of aromatic nitrogens is 8. The lowest BCUT2D eigenvalue weighted by Gasteiger charge is -2.17. The van der Waals surface area contributed by atoms with Crippen molar-refractivity contribution < 1.29 is 8.78 Å². The molecule has 0 aliphatic carbocycles. The van der Waals surface area contributed by atoms with Crippen molar-refractivity contribution in [2.24, 2.45) is 28.2 Å². The van der Waals surface area contributed by atoms with Gasteiger partial charge >= 0.3 is 5.69 Å². The first-order chi connectivity index (χ1) is 19.0. The van der Waals surface area contributed by atoms with Crippen LogP contribution < -0.4 is 11.0 Å². The van der Waals surface area contributed by atoms with Crippen LogP contribution in [-0.2, 0) is 28.2 Å². The summed E-state index contributed by atoms with van der Waals surface area (Å²) in [4.78, 5) is 22.1. The van der Waals surface area contributed by atoms with E-state index in [9.17, 15) is 13.6 Å². The zero-order valence-corrected chi connectivity index (χ0v) is 23.0. The summed E-state index contributed by atoms with van der Waals surface area (Å²) >= 11 is 0. The average molecular weight is 546 g/mol. The van der Waals surface area contributed by atoms with Crippen molar-refractivity contribution in [3.63, 3.8) is 0 Å². The van der Waals surface area contributed by atoms with Crippen LogP contribution in [0.5, 0.6) is 0 Å². The fourth-order valence-electron chi connectivity index (χ4n) is 5.32. The zero-order chi connectivity index (χ0) is 28.5. The molecule has 206 valence electrons. The molecule has 6 rings (SSSR count). The lowest BCUT2D eigenvalue weighted by molar-refractivity contribution is 0.152. The summed E-state index contributed by atoms with van der Waals surface area (Å²) in [5.41, 5.74) is 5.31. The number of anilines is 1. The first-order valence-electron chi connectivity index (χ1n) is 12.8. The number of aryl methyl sites for hydroxylation is 4. The van der Waals surface area contributed by atoms with Crippen LogP contribution in [0.25, 0.3) is 50.4 Å². The number of hydrogen-bond acceptors (Lipinski definition) is 5. The molecule has 0 atom stereocenters. The van der Waals surface area contributed by atoms with Gasteiger partial charge in [-0.05, 0) is 43.7 Å². The summed E-state index contributed by atoms with van der Waals surface area (Å²) in [7, 11) is 7.05. The quantitative estimate of drug-likeness (QED) is 0.325. The van der Waals surface area contributed by atoms with Gasteiger partial charge in [-0.15, -0.1) is 0 Å². The van der Waals surface area contributed by atoms with E-state index in [1.54, 1.807) is 65.9 Å². The summed E-state index contributed by atoms with van der Waals surface area (Å²) in [5, 5.41) is 7.63. The molecule has 10 nitrogen and oxygen atoms in total. The monoisotopic (exact) mass is 545 g/mol. The van der Waals surface area contributed by atoms with Crippen LogP contribution in [0, 0.1) is 0 Å². The van der Waals surface area contributed by atoms with E-state index in [2.05, 4.69) is 15.4 Å². The van der Waals surface area contributed by atoms with E-state index in [0.717, 1.165) is 11.2 Å². The van der Waals surface area contributed by atoms with Gasteiger partial charge in [0.15, 0.2) is 5.82 Å². The first-order valence-corrected chi connectivity index (χ1v) is 12.8. The van der Waals surface area contributed by atoms with Gasteiger partial charge in [-0.25, -0.2) is 23.5 Å². The van der Waals surface area contributed by atoms with Gasteiger partial charge < -0.3 is 9.88 Å². The maximum absolute atomic E-state index is 14.5. The van der Waals surface area contributed by atoms with Crippen molar-refractivity contribution in [3.8, 4) is 28.3 Å². The Morgan fingerprint density at radius 2 is 1.73 bits per heavy atom. The zero-order valence-electron chi connectivity index (χ0n) is 23.0. The van der Waals surface area contributed by atoms with E-state index in [1.807, 2.05) is 42.2 Å². The van der Waals surface area contributed by atoms with E-state index < -0.39 is 6.43 Å². The number of fused-ring (bicyclic) bond motifs is 2. The van der Waals surface area contributed by atoms with E-state index >= 15 is 0 Å². The molecule has 2 aromatic carbocycles. The Kier molecular flexibility index (Phi) is 5.86. The van der Waals surface area contributed by atoms with Gasteiger partial charge in [-0.2, -0.15) is 5.10 Å². The SMILES string of the molecule is CC(C)Nc1cc(-n2c(-c3cncn3C)nc3cc(-c4cnn(C)c4)c(C(F)F)cc32)cc2c1n(C)c(=O)n2C. The lowest BCUT2D eigenvalue weighted by atomic mass is 10.0. The Balaban J connectivity index is 1.73. The molecule has 0 amide bonds. The molecular weight excluding hydrogens is 516 g/mol. The number of rotatable bonds is 6. The largest absolute Gasteiger partial charge is 0.381 e. The van der Waals surface area contributed by atoms with Crippen LogP contribution in [0.15, 0.2) is 54.0 Å². The van der Waals surface area contributed by atoms with Crippen LogP contribution in [0.2, 0.25) is 0 Å². The van der Waals surface area contributed by atoms with Crippen LogP contribution in [0.1, 0.15) is 25.8 Å². The van der Waals surface area contributed by atoms with Crippen LogP contribution in [0.4, 0.5) is 14.5 Å². The minimum atomic E-state index is -2.72. The minimum Gasteiger partial charge on any atom is -0.381 e. The van der Waals surface area contributed by atoms with Crippen LogP contribution >= 0.6 is 0 Å². The number of alkyl halides is 2. The summed E-state index contributed by atoms with van der Waals surface area (Å²) in [6.45, 7) is 4.03. The topological polar surface area (TPSA) is 92.4 Å². The number of nitrogens with zero attached hydrogens (tertiary/aromatic N) is 8. The van der Waals surface area contributed by atoms with Crippen molar-refractivity contribution in [3.05, 3.63) is 65.2 Å². The molecule has 4 heterocycles. The van der Waals surface area contributed by atoms with Crippen molar-refractivity contribution >= 4 is 27.8 Å². The number of hydrogen-bond donors (Lipinski definition) is 1. The minimum absolute atomic E-state index is 0.0808. The Hall–Kier alpha value is -4.74. The highest BCUT2D eigenvalue weighted by Crippen LogP contribution is 2.38. The van der Waals surface area contributed by atoms with Gasteiger partial charge in [-0.1, -0.05) is 0 Å². The van der Waals surface area contributed by atoms with Gasteiger partial charge in [0.05, 0.1) is 52.2 Å². The van der Waals surface area contributed by atoms with Crippen molar-refractivity contribution in [1.82, 2.24) is 38.0 Å². The third-order valence-electron chi connectivity index (χ3n) is 7.17. The summed E-state index contributed by atoms with van der Waals surface area (Å²) in [6.07, 6.45) is 3.91. The van der Waals surface area contributed by atoms with Crippen LogP contribution in [0.3, 0.4) is 0 Å². The van der Waals surface area contributed by atoms with Crippen LogP contribution in [-0.4, -0.2) is 44.1 Å². The number of imidazole rings is 3. The van der Waals surface area contributed by atoms with Gasteiger partial charge in [-0.3, -0.25) is 18.4 Å². The average Bonchev–Trinajstić information content (AvgIpc) is 3.66. The molecule has 0 unspecified atom stereocenters. The molecule has 0 bridgehead atoms. The molecule has 12 heteroatoms. The number of nitrogens with one attached hydrogen (secondary N) is 1. The predicted octanol–water partition coefficient (Wildman–Crippen LogP) is 4.77. The number of benzene rings is 2. The smallest absolute Gasteiger partial charge is 0.328 e. The standard InChI is InChI=1S/C28H29F2N9O/c1-15(2)33-21-7-17(8-23-25(21)38(6)28(40)37(23)5)39-22-10-19(26(29)30)18(16-11-32-36(4)13-16)9-20(22)34-27(39)24-12-31-14-35(24)3/h7-15,26,33H,1-6H3. The molecule has 0 saturated carbocycles. The fourth-order valence-corrected chi connectivity index (χ4v) is 5.32. The maximum Gasteiger partial charge on any atom is 0.328 e. The second kappa shape index (κ2) is 9.18. The van der Waals surface area contributed by atoms with E-state index in [1.165, 1.54) is 6.07 Å². The number of halogens is 2. The molecule has 0 aliphatic heterocycles. The lowest BCUT2D eigenvalue weighted by Crippen LogP contribution is -2.19. The summed E-state index contributed by atoms with van der Waals surface area (Å²) < 4.78 is 37.5. The highest BCUT2D eigenvalue weighted by molar-refractivity contribution is 5.94. The van der Waals surface area contributed by atoms with Crippen molar-refractivity contribution in [1.29, 1.82) is 0 Å². The Labute approximate surface area is 228 Å². The van der Waals surface area contributed by atoms with E-state index in [-0.39, 0.29) is 17.3 Å². The highest BCUT2D eigenvalue weighted by atomic mass is 19.3. The first kappa shape index (κ1) is 25.5. The van der Waals surface area contributed by atoms with Gasteiger partial charge in [0.25, 0.3) is 6.43 Å². The third-order valence-corrected chi connectivity index (χ3v) is 7.17. The molecule has 1 N–H and O–H groups in total. The van der Waals surface area contributed by atoms with Gasteiger partial charge in [0, 0.05) is 51.6 Å². The molecule has 0 fully saturated rings. The van der Waals surface area contributed by atoms with Gasteiger partial charge in [0.1, 0.15) is 5.69 Å². The Morgan fingerprint density at radius 1 is 0.950 bits per heavy atom. The normalized spacial score (nSPS) is 12.1. The Bertz CT molecular complexity index is 1970. The summed E-state index contributed by atoms with van der Waals surface area (Å²) in [6, 6.07) is 7.09. The fraction of sp³-hybridized carbons (Fsp3) is 0.286. The predicted molar refractivity (Wildman–Crippen MR) is 151 cm³/mol. The summed E-state index contributed by atoms with van der Waals surface area (Å²) in [5.74, 6) is 0.536. The molecule has 0 aliphatic rings. The molecule has 0 saturated heterocycles. The molecule has 4 aromatic heterocycles.